The molecular weight excluding hydrogens is 144 g/mol. The summed E-state index contributed by atoms with van der Waals surface area (Å²) in [4.78, 5) is 0. The van der Waals surface area contributed by atoms with Gasteiger partial charge in [-0.15, -0.1) is 0 Å². The van der Waals surface area contributed by atoms with Crippen LogP contribution in [0.2, 0.25) is 0 Å². The summed E-state index contributed by atoms with van der Waals surface area (Å²) in [7, 11) is 0. The minimum atomic E-state index is 0.686. The summed E-state index contributed by atoms with van der Waals surface area (Å²) in [6.07, 6.45) is 4.45. The molecule has 0 aliphatic heterocycles. The van der Waals surface area contributed by atoms with Crippen molar-refractivity contribution >= 4 is 0 Å². The Bertz CT molecular complexity index is 180. The summed E-state index contributed by atoms with van der Waals surface area (Å²) in [6, 6.07) is 0. The van der Waals surface area contributed by atoms with Crippen LogP contribution in [0, 0.1) is 29.1 Å². The second kappa shape index (κ2) is 2.49. The summed E-state index contributed by atoms with van der Waals surface area (Å²) in [5, 5.41) is 0. The summed E-state index contributed by atoms with van der Waals surface area (Å²) in [5.41, 5.74) is 0.686. The fraction of sp³-hybridized carbons (Fsp3) is 1.00. The second-order valence-corrected chi connectivity index (χ2v) is 5.62. The van der Waals surface area contributed by atoms with Gasteiger partial charge in [0.25, 0.3) is 0 Å². The SMILES string of the molecule is CCC1CC2CC(C1C)C2(C)C. The molecule has 0 aromatic heterocycles. The Morgan fingerprint density at radius 1 is 1.25 bits per heavy atom. The van der Waals surface area contributed by atoms with E-state index in [9.17, 15) is 0 Å². The molecule has 3 saturated carbocycles. The van der Waals surface area contributed by atoms with Crippen LogP contribution < -0.4 is 0 Å². The molecule has 12 heavy (non-hydrogen) atoms. The van der Waals surface area contributed by atoms with Crippen LogP contribution >= 0.6 is 0 Å². The third kappa shape index (κ3) is 0.900. The van der Waals surface area contributed by atoms with Gasteiger partial charge in [0.1, 0.15) is 0 Å². The quantitative estimate of drug-likeness (QED) is 0.557. The predicted molar refractivity (Wildman–Crippen MR) is 52.9 cm³/mol. The lowest BCUT2D eigenvalue weighted by Gasteiger charge is -2.62. The summed E-state index contributed by atoms with van der Waals surface area (Å²) in [6.45, 7) is 9.80. The van der Waals surface area contributed by atoms with Crippen molar-refractivity contribution in [3.8, 4) is 0 Å². The molecule has 0 heteroatoms. The molecule has 0 N–H and O–H groups in total. The third-order valence-corrected chi connectivity index (χ3v) is 5.04. The van der Waals surface area contributed by atoms with E-state index in [4.69, 9.17) is 0 Å². The molecule has 2 bridgehead atoms. The minimum absolute atomic E-state index is 0.686. The first-order valence-electron chi connectivity index (χ1n) is 5.57. The van der Waals surface area contributed by atoms with Crippen molar-refractivity contribution in [2.75, 3.05) is 0 Å². The van der Waals surface area contributed by atoms with Crippen LogP contribution in [-0.4, -0.2) is 0 Å². The van der Waals surface area contributed by atoms with Gasteiger partial charge in [0.2, 0.25) is 0 Å². The third-order valence-electron chi connectivity index (χ3n) is 5.04. The van der Waals surface area contributed by atoms with E-state index in [0.29, 0.717) is 5.41 Å². The highest BCUT2D eigenvalue weighted by Gasteiger charge is 2.55. The Balaban J connectivity index is 2.11. The zero-order valence-corrected chi connectivity index (χ0v) is 8.93. The van der Waals surface area contributed by atoms with Crippen LogP contribution in [-0.2, 0) is 0 Å². The summed E-state index contributed by atoms with van der Waals surface area (Å²) in [5.74, 6) is 4.14. The van der Waals surface area contributed by atoms with Gasteiger partial charge in [-0.25, -0.2) is 0 Å². The smallest absolute Gasteiger partial charge is 0.0295 e. The lowest BCUT2D eigenvalue weighted by molar-refractivity contribution is -0.129. The van der Waals surface area contributed by atoms with E-state index < -0.39 is 0 Å². The molecule has 0 aromatic carbocycles. The number of fused-ring (bicyclic) bond motifs is 2. The minimum Gasteiger partial charge on any atom is -0.0651 e. The van der Waals surface area contributed by atoms with Gasteiger partial charge in [-0.3, -0.25) is 0 Å². The van der Waals surface area contributed by atoms with E-state index in [-0.39, 0.29) is 0 Å². The van der Waals surface area contributed by atoms with Crippen LogP contribution in [0.3, 0.4) is 0 Å². The van der Waals surface area contributed by atoms with Gasteiger partial charge in [0.05, 0.1) is 0 Å². The topological polar surface area (TPSA) is 0 Å². The van der Waals surface area contributed by atoms with Crippen LogP contribution in [0.15, 0.2) is 0 Å². The van der Waals surface area contributed by atoms with Gasteiger partial charge < -0.3 is 0 Å². The molecule has 0 aromatic rings. The molecule has 3 rings (SSSR count). The maximum atomic E-state index is 2.48. The van der Waals surface area contributed by atoms with Gasteiger partial charge >= 0.3 is 0 Å². The van der Waals surface area contributed by atoms with Crippen molar-refractivity contribution in [2.45, 2.75) is 47.0 Å². The first-order chi connectivity index (χ1) is 5.57. The van der Waals surface area contributed by atoms with Crippen molar-refractivity contribution in [1.29, 1.82) is 0 Å². The highest BCUT2D eigenvalue weighted by molar-refractivity contribution is 5.04. The van der Waals surface area contributed by atoms with Gasteiger partial charge in [-0.05, 0) is 41.9 Å². The van der Waals surface area contributed by atoms with Gasteiger partial charge in [0, 0.05) is 0 Å². The molecule has 3 fully saturated rings. The molecule has 0 nitrogen and oxygen atoms in total. The summed E-state index contributed by atoms with van der Waals surface area (Å²) < 4.78 is 0. The fourth-order valence-electron chi connectivity index (χ4n) is 3.80. The van der Waals surface area contributed by atoms with Crippen molar-refractivity contribution in [1.82, 2.24) is 0 Å². The predicted octanol–water partition coefficient (Wildman–Crippen LogP) is 3.71. The highest BCUT2D eigenvalue weighted by Crippen LogP contribution is 2.63. The van der Waals surface area contributed by atoms with E-state index in [1.165, 1.54) is 19.3 Å². The zero-order chi connectivity index (χ0) is 8.93. The molecule has 4 atom stereocenters. The zero-order valence-electron chi connectivity index (χ0n) is 8.93. The molecule has 3 aliphatic carbocycles. The monoisotopic (exact) mass is 166 g/mol. The molecular formula is C12H22. The fourth-order valence-corrected chi connectivity index (χ4v) is 3.80. The maximum Gasteiger partial charge on any atom is -0.0295 e. The van der Waals surface area contributed by atoms with Crippen LogP contribution in [0.5, 0.6) is 0 Å². The lowest BCUT2D eigenvalue weighted by atomic mass is 9.43. The van der Waals surface area contributed by atoms with Gasteiger partial charge in [-0.2, -0.15) is 0 Å². The molecule has 70 valence electrons. The van der Waals surface area contributed by atoms with Crippen molar-refractivity contribution in [2.24, 2.45) is 29.1 Å². The number of rotatable bonds is 1. The van der Waals surface area contributed by atoms with Gasteiger partial charge in [-0.1, -0.05) is 34.1 Å². The standard InChI is InChI=1S/C12H22/c1-5-9-6-10-7-11(8(9)2)12(10,3)4/h8-11H,5-7H2,1-4H3. The Morgan fingerprint density at radius 2 is 1.92 bits per heavy atom. The van der Waals surface area contributed by atoms with Crippen molar-refractivity contribution in [3.05, 3.63) is 0 Å². The van der Waals surface area contributed by atoms with E-state index in [2.05, 4.69) is 27.7 Å². The lowest BCUT2D eigenvalue weighted by Crippen LogP contribution is -2.54. The van der Waals surface area contributed by atoms with Crippen molar-refractivity contribution < 1.29 is 0 Å². The molecule has 4 unspecified atom stereocenters. The Morgan fingerprint density at radius 3 is 2.33 bits per heavy atom. The number of hydrogen-bond donors (Lipinski definition) is 0. The molecule has 0 radical (unpaired) electrons. The molecule has 0 heterocycles. The largest absolute Gasteiger partial charge is 0.0651 e. The first-order valence-corrected chi connectivity index (χ1v) is 5.57. The molecule has 3 aliphatic rings. The average Bonchev–Trinajstić information content (AvgIpc) is 2.03. The Hall–Kier alpha value is 0. The highest BCUT2D eigenvalue weighted by atomic mass is 14.6. The van der Waals surface area contributed by atoms with E-state index in [0.717, 1.165) is 23.7 Å². The Kier molecular flexibility index (Phi) is 1.79. The molecule has 0 saturated heterocycles. The van der Waals surface area contributed by atoms with Crippen molar-refractivity contribution in [3.63, 3.8) is 0 Å². The average molecular weight is 166 g/mol. The van der Waals surface area contributed by atoms with Crippen LogP contribution in [0.1, 0.15) is 47.0 Å². The van der Waals surface area contributed by atoms with E-state index >= 15 is 0 Å². The van der Waals surface area contributed by atoms with Crippen LogP contribution in [0.4, 0.5) is 0 Å². The van der Waals surface area contributed by atoms with Gasteiger partial charge in [0.15, 0.2) is 0 Å². The first kappa shape index (κ1) is 8.59. The Labute approximate surface area is 76.7 Å². The normalized spacial score (nSPS) is 50.0. The molecule has 0 spiro atoms. The number of hydrogen-bond acceptors (Lipinski definition) is 0. The summed E-state index contributed by atoms with van der Waals surface area (Å²) >= 11 is 0. The maximum absolute atomic E-state index is 2.48. The molecule has 0 amide bonds. The van der Waals surface area contributed by atoms with Crippen LogP contribution in [0.25, 0.3) is 0 Å². The van der Waals surface area contributed by atoms with E-state index in [1.54, 1.807) is 0 Å². The van der Waals surface area contributed by atoms with E-state index in [1.807, 2.05) is 0 Å². The second-order valence-electron chi connectivity index (χ2n) is 5.62.